The Balaban J connectivity index is 3.03. The van der Waals surface area contributed by atoms with Crippen molar-refractivity contribution in [3.8, 4) is 0 Å². The maximum Gasteiger partial charge on any atom is 0.126 e. The first-order valence-corrected chi connectivity index (χ1v) is 4.81. The minimum Gasteiger partial charge on any atom is -0.390 e. The highest BCUT2D eigenvalue weighted by atomic mass is 19.1. The number of benzene rings is 1. The van der Waals surface area contributed by atoms with Crippen molar-refractivity contribution < 1.29 is 9.50 Å². The maximum atomic E-state index is 13.0. The third-order valence-corrected chi connectivity index (χ3v) is 2.74. The standard InChI is InChI=1S/C12H17FO/c1-8-7-10(5-6-11(8)13)9(2)12(3,4)14/h5-7,9,14H,1-4H3. The number of hydrogen-bond donors (Lipinski definition) is 1. The smallest absolute Gasteiger partial charge is 0.126 e. The molecule has 1 nitrogen and oxygen atoms in total. The van der Waals surface area contributed by atoms with Gasteiger partial charge in [0.25, 0.3) is 0 Å². The summed E-state index contributed by atoms with van der Waals surface area (Å²) in [5.41, 5.74) is 0.819. The Morgan fingerprint density at radius 2 is 1.93 bits per heavy atom. The van der Waals surface area contributed by atoms with Crippen LogP contribution in [-0.2, 0) is 0 Å². The summed E-state index contributed by atoms with van der Waals surface area (Å²) < 4.78 is 13.0. The van der Waals surface area contributed by atoms with Gasteiger partial charge in [0.1, 0.15) is 5.82 Å². The molecule has 0 aliphatic heterocycles. The molecule has 0 aromatic heterocycles. The molecule has 1 atom stereocenters. The first-order valence-electron chi connectivity index (χ1n) is 4.81. The Kier molecular flexibility index (Phi) is 2.95. The molecule has 1 aromatic rings. The van der Waals surface area contributed by atoms with Crippen LogP contribution in [0.1, 0.15) is 37.8 Å². The second kappa shape index (κ2) is 3.70. The van der Waals surface area contributed by atoms with E-state index in [9.17, 15) is 9.50 Å². The van der Waals surface area contributed by atoms with Crippen molar-refractivity contribution in [1.29, 1.82) is 0 Å². The van der Waals surface area contributed by atoms with E-state index in [-0.39, 0.29) is 11.7 Å². The van der Waals surface area contributed by atoms with Gasteiger partial charge in [0.05, 0.1) is 5.60 Å². The van der Waals surface area contributed by atoms with Crippen LogP contribution in [0.2, 0.25) is 0 Å². The predicted molar refractivity (Wildman–Crippen MR) is 55.8 cm³/mol. The summed E-state index contributed by atoms with van der Waals surface area (Å²) in [5.74, 6) is -0.196. The highest BCUT2D eigenvalue weighted by molar-refractivity contribution is 5.27. The molecule has 0 saturated heterocycles. The molecule has 78 valence electrons. The van der Waals surface area contributed by atoms with E-state index in [1.807, 2.05) is 6.92 Å². The monoisotopic (exact) mass is 196 g/mol. The van der Waals surface area contributed by atoms with E-state index in [4.69, 9.17) is 0 Å². The maximum absolute atomic E-state index is 13.0. The fourth-order valence-electron chi connectivity index (χ4n) is 1.35. The molecule has 0 saturated carbocycles. The highest BCUT2D eigenvalue weighted by Crippen LogP contribution is 2.28. The van der Waals surface area contributed by atoms with Gasteiger partial charge in [0.15, 0.2) is 0 Å². The van der Waals surface area contributed by atoms with Gasteiger partial charge >= 0.3 is 0 Å². The zero-order chi connectivity index (χ0) is 10.9. The van der Waals surface area contributed by atoms with Crippen molar-refractivity contribution in [2.75, 3.05) is 0 Å². The first kappa shape index (κ1) is 11.2. The number of rotatable bonds is 2. The van der Waals surface area contributed by atoms with Crippen LogP contribution in [-0.4, -0.2) is 10.7 Å². The van der Waals surface area contributed by atoms with E-state index in [2.05, 4.69) is 0 Å². The molecule has 0 bridgehead atoms. The third kappa shape index (κ3) is 2.32. The number of hydrogen-bond acceptors (Lipinski definition) is 1. The molecule has 0 radical (unpaired) electrons. The molecule has 14 heavy (non-hydrogen) atoms. The average Bonchev–Trinajstić information content (AvgIpc) is 2.07. The van der Waals surface area contributed by atoms with E-state index in [0.717, 1.165) is 5.56 Å². The van der Waals surface area contributed by atoms with Gasteiger partial charge in [-0.15, -0.1) is 0 Å². The normalized spacial score (nSPS) is 14.1. The Labute approximate surface area is 84.6 Å². The SMILES string of the molecule is Cc1cc(C(C)C(C)(C)O)ccc1F. The summed E-state index contributed by atoms with van der Waals surface area (Å²) >= 11 is 0. The van der Waals surface area contributed by atoms with Crippen LogP contribution in [0.5, 0.6) is 0 Å². The van der Waals surface area contributed by atoms with Crippen molar-refractivity contribution in [2.45, 2.75) is 39.2 Å². The summed E-state index contributed by atoms with van der Waals surface area (Å²) in [7, 11) is 0. The fourth-order valence-corrected chi connectivity index (χ4v) is 1.35. The molecule has 0 spiro atoms. The van der Waals surface area contributed by atoms with Crippen LogP contribution >= 0.6 is 0 Å². The number of aliphatic hydroxyl groups is 1. The lowest BCUT2D eigenvalue weighted by atomic mass is 9.86. The van der Waals surface area contributed by atoms with E-state index in [1.54, 1.807) is 32.9 Å². The minimum atomic E-state index is -0.774. The van der Waals surface area contributed by atoms with E-state index in [0.29, 0.717) is 5.56 Å². The van der Waals surface area contributed by atoms with E-state index in [1.165, 1.54) is 6.07 Å². The van der Waals surface area contributed by atoms with Gasteiger partial charge in [-0.3, -0.25) is 0 Å². The van der Waals surface area contributed by atoms with Crippen LogP contribution < -0.4 is 0 Å². The molecule has 1 N–H and O–H groups in total. The lowest BCUT2D eigenvalue weighted by Gasteiger charge is -2.26. The third-order valence-electron chi connectivity index (χ3n) is 2.74. The quantitative estimate of drug-likeness (QED) is 0.771. The average molecular weight is 196 g/mol. The summed E-state index contributed by atoms with van der Waals surface area (Å²) in [6.45, 7) is 7.19. The van der Waals surface area contributed by atoms with Gasteiger partial charge in [-0.05, 0) is 38.0 Å². The molecule has 1 unspecified atom stereocenters. The highest BCUT2D eigenvalue weighted by Gasteiger charge is 2.23. The summed E-state index contributed by atoms with van der Waals surface area (Å²) in [6.07, 6.45) is 0. The van der Waals surface area contributed by atoms with Crippen molar-refractivity contribution in [3.63, 3.8) is 0 Å². The van der Waals surface area contributed by atoms with E-state index < -0.39 is 5.60 Å². The van der Waals surface area contributed by atoms with E-state index >= 15 is 0 Å². The van der Waals surface area contributed by atoms with Gasteiger partial charge in [0.2, 0.25) is 0 Å². The van der Waals surface area contributed by atoms with Crippen LogP contribution in [0.15, 0.2) is 18.2 Å². The van der Waals surface area contributed by atoms with Crippen molar-refractivity contribution in [3.05, 3.63) is 35.1 Å². The van der Waals surface area contributed by atoms with Gasteiger partial charge in [-0.25, -0.2) is 4.39 Å². The summed E-state index contributed by atoms with van der Waals surface area (Å²) in [4.78, 5) is 0. The molecule has 1 aromatic carbocycles. The molecule has 0 amide bonds. The minimum absolute atomic E-state index is 0.00167. The molecule has 0 aliphatic carbocycles. The van der Waals surface area contributed by atoms with Crippen LogP contribution in [0.4, 0.5) is 4.39 Å². The second-order valence-electron chi connectivity index (χ2n) is 4.38. The molecule has 0 aliphatic rings. The predicted octanol–water partition coefficient (Wildman–Crippen LogP) is 3.01. The van der Waals surface area contributed by atoms with Crippen LogP contribution in [0.25, 0.3) is 0 Å². The molecule has 0 fully saturated rings. The van der Waals surface area contributed by atoms with Gasteiger partial charge in [-0.1, -0.05) is 19.1 Å². The largest absolute Gasteiger partial charge is 0.390 e. The van der Waals surface area contributed by atoms with Crippen LogP contribution in [0, 0.1) is 12.7 Å². The van der Waals surface area contributed by atoms with Crippen LogP contribution in [0.3, 0.4) is 0 Å². The molecule has 2 heteroatoms. The first-order chi connectivity index (χ1) is 6.32. The molecule has 0 heterocycles. The lowest BCUT2D eigenvalue weighted by molar-refractivity contribution is 0.0558. The zero-order valence-electron chi connectivity index (χ0n) is 9.13. The van der Waals surface area contributed by atoms with Crippen molar-refractivity contribution in [2.24, 2.45) is 0 Å². The Morgan fingerprint density at radius 3 is 2.36 bits per heavy atom. The topological polar surface area (TPSA) is 20.2 Å². The second-order valence-corrected chi connectivity index (χ2v) is 4.38. The Bertz CT molecular complexity index is 326. The number of halogens is 1. The van der Waals surface area contributed by atoms with Gasteiger partial charge in [0, 0.05) is 5.92 Å². The molecular weight excluding hydrogens is 179 g/mol. The molecule has 1 rings (SSSR count). The Morgan fingerprint density at radius 1 is 1.36 bits per heavy atom. The summed E-state index contributed by atoms with van der Waals surface area (Å²) in [5, 5.41) is 9.81. The lowest BCUT2D eigenvalue weighted by Crippen LogP contribution is -2.26. The molecular formula is C12H17FO. The van der Waals surface area contributed by atoms with Gasteiger partial charge < -0.3 is 5.11 Å². The van der Waals surface area contributed by atoms with Gasteiger partial charge in [-0.2, -0.15) is 0 Å². The number of aryl methyl sites for hydroxylation is 1. The fraction of sp³-hybridized carbons (Fsp3) is 0.500. The summed E-state index contributed by atoms with van der Waals surface area (Å²) in [6, 6.07) is 4.97. The zero-order valence-corrected chi connectivity index (χ0v) is 9.13. The van der Waals surface area contributed by atoms with Crippen molar-refractivity contribution >= 4 is 0 Å². The van der Waals surface area contributed by atoms with Crippen molar-refractivity contribution in [1.82, 2.24) is 0 Å². The Hall–Kier alpha value is -0.890.